The highest BCUT2D eigenvalue weighted by molar-refractivity contribution is 5.06. The van der Waals surface area contributed by atoms with Crippen LogP contribution in [0.4, 0.5) is 8.78 Å². The third kappa shape index (κ3) is 2.29. The van der Waals surface area contributed by atoms with E-state index in [-0.39, 0.29) is 0 Å². The number of imidazole rings is 1. The van der Waals surface area contributed by atoms with Crippen LogP contribution in [0.15, 0.2) is 12.5 Å². The van der Waals surface area contributed by atoms with Crippen molar-refractivity contribution < 1.29 is 8.78 Å². The van der Waals surface area contributed by atoms with Crippen LogP contribution in [0.2, 0.25) is 0 Å². The Morgan fingerprint density at radius 1 is 1.50 bits per heavy atom. The molecule has 0 spiro atoms. The van der Waals surface area contributed by atoms with Crippen LogP contribution in [0, 0.1) is 0 Å². The molecular formula is C9H15F2N3. The van der Waals surface area contributed by atoms with Crippen molar-refractivity contribution in [1.82, 2.24) is 14.9 Å². The van der Waals surface area contributed by atoms with Crippen LogP contribution in [0.5, 0.6) is 0 Å². The van der Waals surface area contributed by atoms with E-state index in [4.69, 9.17) is 0 Å². The Kier molecular flexibility index (Phi) is 4.00. The molecule has 0 aliphatic carbocycles. The third-order valence-electron chi connectivity index (χ3n) is 2.08. The van der Waals surface area contributed by atoms with Gasteiger partial charge < -0.3 is 9.88 Å². The largest absolute Gasteiger partial charge is 0.333 e. The topological polar surface area (TPSA) is 29.9 Å². The molecule has 1 heterocycles. The van der Waals surface area contributed by atoms with Crippen LogP contribution in [0.1, 0.15) is 25.6 Å². The van der Waals surface area contributed by atoms with E-state index in [9.17, 15) is 8.78 Å². The van der Waals surface area contributed by atoms with E-state index in [1.807, 2.05) is 13.8 Å². The Balaban J connectivity index is 2.86. The molecule has 1 aromatic heterocycles. The van der Waals surface area contributed by atoms with Gasteiger partial charge in [0, 0.05) is 12.7 Å². The molecule has 0 saturated carbocycles. The minimum Gasteiger partial charge on any atom is -0.333 e. The molecule has 0 bridgehead atoms. The standard InChI is InChI=1S/C9H15F2N3/c1-3-13-8(9(10)11)7-5-12-6-14(7)4-2/h5-6,8-9,13H,3-4H2,1-2H3. The first-order valence-electron chi connectivity index (χ1n) is 4.72. The molecule has 5 heteroatoms. The molecule has 3 nitrogen and oxygen atoms in total. The van der Waals surface area contributed by atoms with Crippen LogP contribution >= 0.6 is 0 Å². The zero-order chi connectivity index (χ0) is 10.6. The zero-order valence-corrected chi connectivity index (χ0v) is 8.37. The minimum absolute atomic E-state index is 0.518. The number of rotatable bonds is 5. The number of nitrogens with one attached hydrogen (secondary N) is 1. The van der Waals surface area contributed by atoms with E-state index in [0.29, 0.717) is 18.8 Å². The fourth-order valence-corrected chi connectivity index (χ4v) is 1.40. The molecule has 14 heavy (non-hydrogen) atoms. The average Bonchev–Trinajstić information content (AvgIpc) is 2.61. The van der Waals surface area contributed by atoms with Gasteiger partial charge >= 0.3 is 0 Å². The lowest BCUT2D eigenvalue weighted by Gasteiger charge is -2.17. The second-order valence-electron chi connectivity index (χ2n) is 2.97. The Bertz CT molecular complexity index is 273. The Hall–Kier alpha value is -0.970. The van der Waals surface area contributed by atoms with Crippen molar-refractivity contribution in [3.05, 3.63) is 18.2 Å². The van der Waals surface area contributed by atoms with Crippen LogP contribution in [-0.4, -0.2) is 22.5 Å². The smallest absolute Gasteiger partial charge is 0.259 e. The zero-order valence-electron chi connectivity index (χ0n) is 8.37. The molecule has 1 rings (SSSR count). The van der Waals surface area contributed by atoms with E-state index in [1.165, 1.54) is 6.20 Å². The number of aromatic nitrogens is 2. The summed E-state index contributed by atoms with van der Waals surface area (Å²) in [7, 11) is 0. The molecule has 0 aromatic carbocycles. The van der Waals surface area contributed by atoms with Crippen molar-refractivity contribution in [3.63, 3.8) is 0 Å². The minimum atomic E-state index is -2.41. The maximum Gasteiger partial charge on any atom is 0.259 e. The maximum atomic E-state index is 12.7. The number of halogens is 2. The van der Waals surface area contributed by atoms with E-state index >= 15 is 0 Å². The fraction of sp³-hybridized carbons (Fsp3) is 0.667. The normalized spacial score (nSPS) is 13.5. The summed E-state index contributed by atoms with van der Waals surface area (Å²) in [5.74, 6) is 0. The summed E-state index contributed by atoms with van der Waals surface area (Å²) in [4.78, 5) is 3.87. The highest BCUT2D eigenvalue weighted by atomic mass is 19.3. The van der Waals surface area contributed by atoms with E-state index in [1.54, 1.807) is 10.9 Å². The number of hydrogen-bond acceptors (Lipinski definition) is 2. The van der Waals surface area contributed by atoms with E-state index in [0.717, 1.165) is 0 Å². The molecule has 1 unspecified atom stereocenters. The Morgan fingerprint density at radius 2 is 2.21 bits per heavy atom. The van der Waals surface area contributed by atoms with Gasteiger partial charge in [0.05, 0.1) is 12.0 Å². The number of hydrogen-bond donors (Lipinski definition) is 1. The lowest BCUT2D eigenvalue weighted by molar-refractivity contribution is 0.0957. The maximum absolute atomic E-state index is 12.7. The van der Waals surface area contributed by atoms with Crippen LogP contribution in [-0.2, 0) is 6.54 Å². The van der Waals surface area contributed by atoms with Crippen molar-refractivity contribution >= 4 is 0 Å². The molecule has 1 atom stereocenters. The van der Waals surface area contributed by atoms with E-state index in [2.05, 4.69) is 10.3 Å². The van der Waals surface area contributed by atoms with Gasteiger partial charge in [0.25, 0.3) is 6.43 Å². The molecule has 0 fully saturated rings. The van der Waals surface area contributed by atoms with Gasteiger partial charge in [0.15, 0.2) is 0 Å². The molecule has 0 saturated heterocycles. The summed E-state index contributed by atoms with van der Waals surface area (Å²) in [6.07, 6.45) is 0.655. The SMILES string of the molecule is CCNC(c1cncn1CC)C(F)F. The van der Waals surface area contributed by atoms with Gasteiger partial charge in [-0.15, -0.1) is 0 Å². The first kappa shape index (κ1) is 11.1. The number of nitrogens with zero attached hydrogens (tertiary/aromatic N) is 2. The van der Waals surface area contributed by atoms with Gasteiger partial charge in [-0.25, -0.2) is 13.8 Å². The summed E-state index contributed by atoms with van der Waals surface area (Å²) in [6.45, 7) is 4.88. The van der Waals surface area contributed by atoms with Gasteiger partial charge in [-0.05, 0) is 13.5 Å². The predicted molar refractivity (Wildman–Crippen MR) is 50.3 cm³/mol. The van der Waals surface area contributed by atoms with Crippen molar-refractivity contribution in [1.29, 1.82) is 0 Å². The highest BCUT2D eigenvalue weighted by Crippen LogP contribution is 2.19. The summed E-state index contributed by atoms with van der Waals surface area (Å²) < 4.78 is 27.0. The Labute approximate surface area is 82.1 Å². The van der Waals surface area contributed by atoms with Crippen molar-refractivity contribution in [3.8, 4) is 0 Å². The quantitative estimate of drug-likeness (QED) is 0.791. The lowest BCUT2D eigenvalue weighted by atomic mass is 10.2. The van der Waals surface area contributed by atoms with Crippen molar-refractivity contribution in [2.45, 2.75) is 32.9 Å². The first-order chi connectivity index (χ1) is 6.70. The summed E-state index contributed by atoms with van der Waals surface area (Å²) in [5.41, 5.74) is 0.546. The average molecular weight is 203 g/mol. The highest BCUT2D eigenvalue weighted by Gasteiger charge is 2.23. The molecule has 1 aromatic rings. The van der Waals surface area contributed by atoms with Crippen LogP contribution < -0.4 is 5.32 Å². The Morgan fingerprint density at radius 3 is 2.71 bits per heavy atom. The van der Waals surface area contributed by atoms with Gasteiger partial charge in [-0.2, -0.15) is 0 Å². The third-order valence-corrected chi connectivity index (χ3v) is 2.08. The molecule has 1 N–H and O–H groups in total. The fourth-order valence-electron chi connectivity index (χ4n) is 1.40. The molecule has 80 valence electrons. The molecule has 0 aliphatic heterocycles. The second-order valence-corrected chi connectivity index (χ2v) is 2.97. The molecule has 0 radical (unpaired) electrons. The predicted octanol–water partition coefficient (Wildman–Crippen LogP) is 1.82. The molecular weight excluding hydrogens is 188 g/mol. The summed E-state index contributed by atoms with van der Waals surface area (Å²) >= 11 is 0. The van der Waals surface area contributed by atoms with Gasteiger partial charge in [0.1, 0.15) is 6.04 Å². The summed E-state index contributed by atoms with van der Waals surface area (Å²) in [5, 5.41) is 2.75. The van der Waals surface area contributed by atoms with Gasteiger partial charge in [-0.1, -0.05) is 6.92 Å². The van der Waals surface area contributed by atoms with Crippen molar-refractivity contribution in [2.24, 2.45) is 0 Å². The van der Waals surface area contributed by atoms with Gasteiger partial charge in [-0.3, -0.25) is 0 Å². The number of alkyl halides is 2. The van der Waals surface area contributed by atoms with Crippen LogP contribution in [0.3, 0.4) is 0 Å². The summed E-state index contributed by atoms with van der Waals surface area (Å²) in [6, 6.07) is -0.914. The number of aryl methyl sites for hydroxylation is 1. The first-order valence-corrected chi connectivity index (χ1v) is 4.72. The lowest BCUT2D eigenvalue weighted by Crippen LogP contribution is -2.29. The van der Waals surface area contributed by atoms with Gasteiger partial charge in [0.2, 0.25) is 0 Å². The second kappa shape index (κ2) is 5.05. The van der Waals surface area contributed by atoms with Crippen LogP contribution in [0.25, 0.3) is 0 Å². The molecule has 0 amide bonds. The van der Waals surface area contributed by atoms with Crippen molar-refractivity contribution in [2.75, 3.05) is 6.54 Å². The van der Waals surface area contributed by atoms with E-state index < -0.39 is 12.5 Å². The molecule has 0 aliphatic rings. The monoisotopic (exact) mass is 203 g/mol.